The minimum absolute atomic E-state index is 0.0266. The lowest BCUT2D eigenvalue weighted by molar-refractivity contribution is -0.139. The second-order valence-corrected chi connectivity index (χ2v) is 8.78. The van der Waals surface area contributed by atoms with Crippen molar-refractivity contribution in [3.05, 3.63) is 110 Å². The minimum atomic E-state index is -0.767. The quantitative estimate of drug-likeness (QED) is 0.262. The van der Waals surface area contributed by atoms with Gasteiger partial charge in [-0.15, -0.1) is 0 Å². The molecule has 4 nitrogen and oxygen atoms in total. The Morgan fingerprint density at radius 1 is 0.969 bits per heavy atom. The summed E-state index contributed by atoms with van der Waals surface area (Å²) in [7, 11) is 0. The summed E-state index contributed by atoms with van der Waals surface area (Å²) in [5, 5.41) is 11.5. The van der Waals surface area contributed by atoms with Crippen molar-refractivity contribution >= 4 is 45.0 Å². The molecule has 1 saturated heterocycles. The zero-order chi connectivity index (χ0) is 22.8. The predicted molar refractivity (Wildman–Crippen MR) is 125 cm³/mol. The van der Waals surface area contributed by atoms with Gasteiger partial charge in [0.05, 0.1) is 11.6 Å². The van der Waals surface area contributed by atoms with Gasteiger partial charge in [0.1, 0.15) is 11.6 Å². The van der Waals surface area contributed by atoms with Gasteiger partial charge in [-0.2, -0.15) is 0 Å². The Bertz CT molecular complexity index is 1190. The number of hydrogen-bond donors (Lipinski definition) is 1. The van der Waals surface area contributed by atoms with E-state index in [1.807, 2.05) is 0 Å². The second kappa shape index (κ2) is 9.27. The number of nitrogens with zero attached hydrogens (tertiary/aromatic N) is 1. The molecular weight excluding hydrogens is 497 g/mol. The van der Waals surface area contributed by atoms with Crippen LogP contribution in [-0.2, 0) is 16.0 Å². The van der Waals surface area contributed by atoms with Crippen molar-refractivity contribution in [2.24, 2.45) is 0 Å². The molecule has 1 unspecified atom stereocenters. The van der Waals surface area contributed by atoms with Crippen LogP contribution in [0.1, 0.15) is 22.7 Å². The summed E-state index contributed by atoms with van der Waals surface area (Å²) < 4.78 is 14.0. The molecule has 1 atom stereocenters. The first kappa shape index (κ1) is 22.2. The van der Waals surface area contributed by atoms with Crippen LogP contribution in [0.15, 0.2) is 82.8 Å². The van der Waals surface area contributed by atoms with E-state index in [0.717, 1.165) is 10.0 Å². The smallest absolute Gasteiger partial charge is 0.295 e. The number of aliphatic hydroxyl groups excluding tert-OH is 1. The lowest BCUT2D eigenvalue weighted by Gasteiger charge is -2.25. The first-order chi connectivity index (χ1) is 15.3. The molecule has 3 aromatic rings. The number of ketones is 1. The van der Waals surface area contributed by atoms with Gasteiger partial charge in [-0.1, -0.05) is 63.9 Å². The molecule has 1 fully saturated rings. The molecular formula is C25H18BrClFNO3. The molecule has 0 bridgehead atoms. The summed E-state index contributed by atoms with van der Waals surface area (Å²) in [6, 6.07) is 18.9. The molecule has 1 aliphatic heterocycles. The fourth-order valence-corrected chi connectivity index (χ4v) is 4.16. The van der Waals surface area contributed by atoms with Crippen molar-refractivity contribution in [1.29, 1.82) is 0 Å². The fraction of sp³-hybridized carbons (Fsp3) is 0.120. The van der Waals surface area contributed by atoms with Crippen LogP contribution in [0.3, 0.4) is 0 Å². The van der Waals surface area contributed by atoms with E-state index in [9.17, 15) is 19.1 Å². The van der Waals surface area contributed by atoms with Crippen LogP contribution in [0.25, 0.3) is 5.76 Å². The number of carbonyl (C=O) groups excluding carboxylic acids is 2. The Kier molecular flexibility index (Phi) is 6.44. The average molecular weight is 515 g/mol. The Hall–Kier alpha value is -2.96. The lowest BCUT2D eigenvalue weighted by Crippen LogP contribution is -2.31. The van der Waals surface area contributed by atoms with E-state index >= 15 is 0 Å². The summed E-state index contributed by atoms with van der Waals surface area (Å²) in [6.07, 6.45) is 0.426. The topological polar surface area (TPSA) is 57.6 Å². The zero-order valence-electron chi connectivity index (χ0n) is 16.8. The van der Waals surface area contributed by atoms with E-state index < -0.39 is 17.7 Å². The van der Waals surface area contributed by atoms with Gasteiger partial charge in [-0.25, -0.2) is 4.39 Å². The van der Waals surface area contributed by atoms with Crippen molar-refractivity contribution in [2.45, 2.75) is 12.5 Å². The first-order valence-electron chi connectivity index (χ1n) is 9.89. The average Bonchev–Trinajstić information content (AvgIpc) is 3.04. The van der Waals surface area contributed by atoms with Crippen LogP contribution < -0.4 is 0 Å². The van der Waals surface area contributed by atoms with Crippen molar-refractivity contribution in [2.75, 3.05) is 6.54 Å². The molecule has 1 N–H and O–H groups in total. The normalized spacial score (nSPS) is 17.7. The number of hydrogen-bond acceptors (Lipinski definition) is 3. The first-order valence-corrected chi connectivity index (χ1v) is 11.1. The van der Waals surface area contributed by atoms with Crippen LogP contribution in [-0.4, -0.2) is 28.2 Å². The number of aliphatic hydroxyl groups is 1. The molecule has 1 heterocycles. The number of halogens is 3. The van der Waals surface area contributed by atoms with Crippen molar-refractivity contribution < 1.29 is 19.1 Å². The Morgan fingerprint density at radius 3 is 2.22 bits per heavy atom. The second-order valence-electron chi connectivity index (χ2n) is 7.43. The Balaban J connectivity index is 1.76. The lowest BCUT2D eigenvalue weighted by atomic mass is 9.95. The van der Waals surface area contributed by atoms with Gasteiger partial charge in [0.2, 0.25) is 0 Å². The summed E-state index contributed by atoms with van der Waals surface area (Å²) in [6.45, 7) is 0.223. The number of carbonyl (C=O) groups is 2. The maximum absolute atomic E-state index is 13.2. The molecule has 3 aromatic carbocycles. The Labute approximate surface area is 198 Å². The highest BCUT2D eigenvalue weighted by Crippen LogP contribution is 2.39. The maximum atomic E-state index is 13.2. The molecule has 0 aromatic heterocycles. The van der Waals surface area contributed by atoms with E-state index in [1.54, 1.807) is 60.7 Å². The van der Waals surface area contributed by atoms with Gasteiger partial charge in [-0.3, -0.25) is 9.59 Å². The van der Waals surface area contributed by atoms with E-state index in [2.05, 4.69) is 15.9 Å². The third-order valence-electron chi connectivity index (χ3n) is 5.40. The highest BCUT2D eigenvalue weighted by molar-refractivity contribution is 9.10. The van der Waals surface area contributed by atoms with Gasteiger partial charge in [-0.05, 0) is 53.9 Å². The third-order valence-corrected chi connectivity index (χ3v) is 6.18. The minimum Gasteiger partial charge on any atom is -0.507 e. The molecule has 7 heteroatoms. The molecule has 1 aliphatic rings. The highest BCUT2D eigenvalue weighted by atomic mass is 79.9. The van der Waals surface area contributed by atoms with Crippen molar-refractivity contribution in [3.8, 4) is 0 Å². The number of likely N-dealkylation sites (tertiary alicyclic amines) is 1. The van der Waals surface area contributed by atoms with Crippen molar-refractivity contribution in [3.63, 3.8) is 0 Å². The monoisotopic (exact) mass is 513 g/mol. The summed E-state index contributed by atoms with van der Waals surface area (Å²) in [5.74, 6) is -2.01. The third kappa shape index (κ3) is 4.47. The Morgan fingerprint density at radius 2 is 1.59 bits per heavy atom. The predicted octanol–water partition coefficient (Wildman–Crippen LogP) is 5.91. The number of benzene rings is 3. The molecule has 0 saturated carbocycles. The van der Waals surface area contributed by atoms with E-state index in [4.69, 9.17) is 11.6 Å². The van der Waals surface area contributed by atoms with Crippen LogP contribution in [0, 0.1) is 5.82 Å². The van der Waals surface area contributed by atoms with Gasteiger partial charge in [0.15, 0.2) is 0 Å². The van der Waals surface area contributed by atoms with Gasteiger partial charge in [0, 0.05) is 21.6 Å². The summed E-state index contributed by atoms with van der Waals surface area (Å²) in [4.78, 5) is 27.4. The highest BCUT2D eigenvalue weighted by Gasteiger charge is 2.45. The van der Waals surface area contributed by atoms with Crippen LogP contribution in [0.2, 0.25) is 5.02 Å². The zero-order valence-corrected chi connectivity index (χ0v) is 19.1. The maximum Gasteiger partial charge on any atom is 0.295 e. The van der Waals surface area contributed by atoms with Crippen LogP contribution in [0.4, 0.5) is 4.39 Å². The number of rotatable bonds is 5. The largest absolute Gasteiger partial charge is 0.507 e. The van der Waals surface area contributed by atoms with Crippen LogP contribution in [0.5, 0.6) is 0 Å². The van der Waals surface area contributed by atoms with Crippen LogP contribution >= 0.6 is 27.5 Å². The molecule has 0 radical (unpaired) electrons. The standard InChI is InChI=1S/C25H18BrClFNO3/c26-18-7-3-17(4-8-18)23(30)21-22(16-5-9-19(27)10-6-16)29(25(32)24(21)31)14-13-15-1-11-20(28)12-2-15/h1-12,22,30H,13-14H2/b23-21-. The van der Waals surface area contributed by atoms with E-state index in [0.29, 0.717) is 22.6 Å². The fourth-order valence-electron chi connectivity index (χ4n) is 3.77. The van der Waals surface area contributed by atoms with Crippen molar-refractivity contribution in [1.82, 2.24) is 4.90 Å². The van der Waals surface area contributed by atoms with Gasteiger partial charge < -0.3 is 10.0 Å². The summed E-state index contributed by atoms with van der Waals surface area (Å²) in [5.41, 5.74) is 1.95. The van der Waals surface area contributed by atoms with Gasteiger partial charge >= 0.3 is 0 Å². The molecule has 4 rings (SSSR count). The molecule has 0 aliphatic carbocycles. The SMILES string of the molecule is O=C1C(=O)N(CCc2ccc(F)cc2)C(c2ccc(Cl)cc2)/C1=C(/O)c1ccc(Br)cc1. The van der Waals surface area contributed by atoms with E-state index in [1.165, 1.54) is 17.0 Å². The molecule has 1 amide bonds. The number of Topliss-reactive ketones (excluding diaryl/α,β-unsaturated/α-hetero) is 1. The van der Waals surface area contributed by atoms with Gasteiger partial charge in [0.25, 0.3) is 11.7 Å². The molecule has 0 spiro atoms. The number of amides is 1. The van der Waals surface area contributed by atoms with E-state index in [-0.39, 0.29) is 23.7 Å². The summed E-state index contributed by atoms with van der Waals surface area (Å²) >= 11 is 9.38. The molecule has 32 heavy (non-hydrogen) atoms. The molecule has 162 valence electrons.